The summed E-state index contributed by atoms with van der Waals surface area (Å²) in [4.78, 5) is 27.7. The number of carbonyl (C=O) groups is 1. The number of nitrogen functional groups attached to an aromatic ring is 1. The van der Waals surface area contributed by atoms with Gasteiger partial charge in [0.25, 0.3) is 0 Å². The van der Waals surface area contributed by atoms with Gasteiger partial charge in [0.05, 0.1) is 6.04 Å². The Bertz CT molecular complexity index is 1180. The Morgan fingerprint density at radius 3 is 2.79 bits per heavy atom. The Hall–Kier alpha value is -2.37. The molecule has 33 heavy (non-hydrogen) atoms. The summed E-state index contributed by atoms with van der Waals surface area (Å²) in [7, 11) is 0. The van der Waals surface area contributed by atoms with Crippen LogP contribution in [-0.2, 0) is 11.3 Å². The Morgan fingerprint density at radius 1 is 1.27 bits per heavy atom. The minimum atomic E-state index is -0.00799. The van der Waals surface area contributed by atoms with E-state index in [4.69, 9.17) is 20.2 Å². The van der Waals surface area contributed by atoms with E-state index in [2.05, 4.69) is 35.4 Å². The first-order valence-corrected chi connectivity index (χ1v) is 12.6. The largest absolute Gasteiger partial charge is 0.454 e. The van der Waals surface area contributed by atoms with Gasteiger partial charge >= 0.3 is 0 Å². The third kappa shape index (κ3) is 4.53. The van der Waals surface area contributed by atoms with Crippen LogP contribution < -0.4 is 15.2 Å². The number of hydrogen-bond donors (Lipinski definition) is 1. The highest BCUT2D eigenvalue weighted by Crippen LogP contribution is 2.43. The molecule has 0 radical (unpaired) electrons. The molecule has 0 saturated carbocycles. The van der Waals surface area contributed by atoms with Crippen molar-refractivity contribution in [1.29, 1.82) is 0 Å². The van der Waals surface area contributed by atoms with Crippen LogP contribution >= 0.6 is 27.7 Å². The van der Waals surface area contributed by atoms with E-state index >= 15 is 0 Å². The number of hydrogen-bond acceptors (Lipinski definition) is 9. The Balaban J connectivity index is 1.38. The fourth-order valence-electron chi connectivity index (χ4n) is 4.34. The molecule has 2 N–H and O–H groups in total. The van der Waals surface area contributed by atoms with Crippen molar-refractivity contribution in [1.82, 2.24) is 24.4 Å². The lowest BCUT2D eigenvalue weighted by Crippen LogP contribution is -2.40. The highest BCUT2D eigenvalue weighted by atomic mass is 79.9. The number of anilines is 1. The molecule has 1 aromatic carbocycles. The van der Waals surface area contributed by atoms with Crippen LogP contribution in [0.2, 0.25) is 0 Å². The van der Waals surface area contributed by atoms with Crippen LogP contribution in [0.15, 0.2) is 33.0 Å². The van der Waals surface area contributed by atoms with E-state index < -0.39 is 0 Å². The summed E-state index contributed by atoms with van der Waals surface area (Å²) in [6.07, 6.45) is 5.69. The van der Waals surface area contributed by atoms with Gasteiger partial charge in [0.1, 0.15) is 12.6 Å². The maximum absolute atomic E-state index is 11.1. The molecule has 1 saturated heterocycles. The average molecular weight is 533 g/mol. The number of rotatable bonds is 7. The SMILES string of the molecule is CC(C=O)N1CCC(CCn2c(Sc3cc4c(cc3Br)OCO4)nc3c(N)ncnc32)CC1. The van der Waals surface area contributed by atoms with Crippen molar-refractivity contribution in [2.75, 3.05) is 25.6 Å². The lowest BCUT2D eigenvalue weighted by atomic mass is 9.93. The number of benzene rings is 1. The molecule has 2 aliphatic rings. The number of aromatic nitrogens is 4. The summed E-state index contributed by atoms with van der Waals surface area (Å²) in [5, 5.41) is 0.809. The molecule has 0 bridgehead atoms. The van der Waals surface area contributed by atoms with Crippen LogP contribution in [0.25, 0.3) is 11.2 Å². The molecule has 1 fully saturated rings. The monoisotopic (exact) mass is 532 g/mol. The smallest absolute Gasteiger partial charge is 0.231 e. The molecule has 0 aliphatic carbocycles. The molecule has 174 valence electrons. The number of aryl methyl sites for hydroxylation is 1. The minimum Gasteiger partial charge on any atom is -0.454 e. The average Bonchev–Trinajstić information content (AvgIpc) is 3.42. The van der Waals surface area contributed by atoms with Crippen molar-refractivity contribution in [3.63, 3.8) is 0 Å². The summed E-state index contributed by atoms with van der Waals surface area (Å²) in [6, 6.07) is 3.87. The first-order valence-electron chi connectivity index (χ1n) is 11.0. The van der Waals surface area contributed by atoms with Crippen LogP contribution in [-0.4, -0.2) is 56.6 Å². The topological polar surface area (TPSA) is 108 Å². The second kappa shape index (κ2) is 9.47. The minimum absolute atomic E-state index is 0.00799. The molecule has 0 spiro atoms. The summed E-state index contributed by atoms with van der Waals surface area (Å²) in [6.45, 7) is 4.88. The van der Waals surface area contributed by atoms with Crippen LogP contribution in [0, 0.1) is 5.92 Å². The number of likely N-dealkylation sites (tertiary alicyclic amines) is 1. The number of nitrogens with two attached hydrogens (primary N) is 1. The van der Waals surface area contributed by atoms with E-state index in [1.807, 2.05) is 19.1 Å². The molecule has 1 unspecified atom stereocenters. The van der Waals surface area contributed by atoms with Crippen molar-refractivity contribution in [2.45, 2.75) is 48.8 Å². The predicted octanol–water partition coefficient (Wildman–Crippen LogP) is 3.74. The molecule has 5 rings (SSSR count). The van der Waals surface area contributed by atoms with Gasteiger partial charge in [-0.05, 0) is 73.3 Å². The van der Waals surface area contributed by atoms with Crippen molar-refractivity contribution in [2.24, 2.45) is 5.92 Å². The molecule has 3 aromatic rings. The highest BCUT2D eigenvalue weighted by molar-refractivity contribution is 9.10. The van der Waals surface area contributed by atoms with Gasteiger partial charge in [0, 0.05) is 15.9 Å². The van der Waals surface area contributed by atoms with Crippen molar-refractivity contribution >= 4 is 51.0 Å². The van der Waals surface area contributed by atoms with Crippen LogP contribution in [0.1, 0.15) is 26.2 Å². The fourth-order valence-corrected chi connectivity index (χ4v) is 5.84. The van der Waals surface area contributed by atoms with Crippen molar-refractivity contribution in [3.05, 3.63) is 22.9 Å². The Labute approximate surface area is 204 Å². The van der Waals surface area contributed by atoms with Crippen LogP contribution in [0.4, 0.5) is 5.82 Å². The number of fused-ring (bicyclic) bond motifs is 2. The van der Waals surface area contributed by atoms with E-state index in [-0.39, 0.29) is 12.8 Å². The normalized spacial score (nSPS) is 17.5. The third-order valence-electron chi connectivity index (χ3n) is 6.34. The zero-order valence-corrected chi connectivity index (χ0v) is 20.6. The number of ether oxygens (including phenoxy) is 2. The van der Waals surface area contributed by atoms with E-state index in [9.17, 15) is 4.79 Å². The molecule has 9 nitrogen and oxygen atoms in total. The summed E-state index contributed by atoms with van der Waals surface area (Å²) in [5.74, 6) is 2.41. The van der Waals surface area contributed by atoms with E-state index in [0.717, 1.165) is 76.9 Å². The van der Waals surface area contributed by atoms with E-state index in [1.54, 1.807) is 0 Å². The molecular formula is C22H25BrN6O3S. The standard InChI is InChI=1S/C22H25BrN6O3S/c1-13(10-30)28-5-2-14(3-6-28)4-7-29-21-19(20(24)25-11-26-21)27-22(29)33-18-9-17-16(8-15(18)23)31-12-32-17/h8-11,13-14H,2-7,12H2,1H3,(H2,24,25,26). The Kier molecular flexibility index (Phi) is 6.44. The molecule has 2 aliphatic heterocycles. The van der Waals surface area contributed by atoms with Gasteiger partial charge in [-0.15, -0.1) is 0 Å². The molecule has 1 atom stereocenters. The zero-order valence-electron chi connectivity index (χ0n) is 18.2. The third-order valence-corrected chi connectivity index (χ3v) is 8.31. The zero-order chi connectivity index (χ0) is 22.9. The lowest BCUT2D eigenvalue weighted by molar-refractivity contribution is -0.112. The number of halogens is 1. The number of piperidine rings is 1. The maximum Gasteiger partial charge on any atom is 0.231 e. The van der Waals surface area contributed by atoms with Gasteiger partial charge in [-0.25, -0.2) is 15.0 Å². The molecule has 0 amide bonds. The van der Waals surface area contributed by atoms with E-state index in [1.165, 1.54) is 18.1 Å². The van der Waals surface area contributed by atoms with Crippen LogP contribution in [0.5, 0.6) is 11.5 Å². The quantitative estimate of drug-likeness (QED) is 0.455. The van der Waals surface area contributed by atoms with Gasteiger partial charge in [-0.2, -0.15) is 0 Å². The molecule has 4 heterocycles. The number of imidazole rings is 1. The van der Waals surface area contributed by atoms with Crippen molar-refractivity contribution in [3.8, 4) is 11.5 Å². The van der Waals surface area contributed by atoms with Crippen molar-refractivity contribution < 1.29 is 14.3 Å². The number of carbonyl (C=O) groups excluding carboxylic acids is 1. The Morgan fingerprint density at radius 2 is 2.03 bits per heavy atom. The first-order chi connectivity index (χ1) is 16.0. The fraction of sp³-hybridized carbons (Fsp3) is 0.455. The van der Waals surface area contributed by atoms with Gasteiger partial charge in [0.15, 0.2) is 33.6 Å². The van der Waals surface area contributed by atoms with Gasteiger partial charge < -0.3 is 24.6 Å². The molecule has 2 aromatic heterocycles. The number of aldehydes is 1. The lowest BCUT2D eigenvalue weighted by Gasteiger charge is -2.34. The summed E-state index contributed by atoms with van der Waals surface area (Å²) in [5.41, 5.74) is 7.48. The van der Waals surface area contributed by atoms with Gasteiger partial charge in [-0.3, -0.25) is 4.90 Å². The van der Waals surface area contributed by atoms with Crippen LogP contribution in [0.3, 0.4) is 0 Å². The first kappa shape index (κ1) is 22.4. The number of nitrogens with zero attached hydrogens (tertiary/aromatic N) is 5. The van der Waals surface area contributed by atoms with E-state index in [0.29, 0.717) is 17.3 Å². The predicted molar refractivity (Wildman–Crippen MR) is 129 cm³/mol. The second-order valence-electron chi connectivity index (χ2n) is 8.36. The van der Waals surface area contributed by atoms with Gasteiger partial charge in [-0.1, -0.05) is 11.8 Å². The highest BCUT2D eigenvalue weighted by Gasteiger charge is 2.24. The molecule has 11 heteroatoms. The summed E-state index contributed by atoms with van der Waals surface area (Å²) < 4.78 is 14.1. The molecular weight excluding hydrogens is 508 g/mol. The maximum atomic E-state index is 11.1. The second-order valence-corrected chi connectivity index (χ2v) is 10.2. The van der Waals surface area contributed by atoms with Gasteiger partial charge in [0.2, 0.25) is 6.79 Å². The summed E-state index contributed by atoms with van der Waals surface area (Å²) >= 11 is 5.17.